The largest absolute Gasteiger partial charge is 0.349 e. The lowest BCUT2D eigenvalue weighted by Crippen LogP contribution is -2.39. The number of benzene rings is 1. The van der Waals surface area contributed by atoms with Crippen LogP contribution in [0.25, 0.3) is 0 Å². The first-order chi connectivity index (χ1) is 12.8. The first kappa shape index (κ1) is 20.9. The molecule has 146 valence electrons. The summed E-state index contributed by atoms with van der Waals surface area (Å²) in [5, 5.41) is 8.25. The third-order valence-corrected chi connectivity index (χ3v) is 4.81. The molecule has 2 aromatic rings. The van der Waals surface area contributed by atoms with Crippen molar-refractivity contribution in [1.29, 1.82) is 0 Å². The summed E-state index contributed by atoms with van der Waals surface area (Å²) < 4.78 is 0. The number of aryl methyl sites for hydroxylation is 1. The van der Waals surface area contributed by atoms with Crippen LogP contribution in [-0.2, 0) is 13.0 Å². The molecular formula is C20H28N4O2S. The van der Waals surface area contributed by atoms with Crippen LogP contribution in [0.2, 0.25) is 0 Å². The van der Waals surface area contributed by atoms with Gasteiger partial charge in [-0.25, -0.2) is 9.78 Å². The van der Waals surface area contributed by atoms with E-state index in [1.54, 1.807) is 10.3 Å². The lowest BCUT2D eigenvalue weighted by molar-refractivity contribution is 0.0938. The van der Waals surface area contributed by atoms with Crippen LogP contribution < -0.4 is 10.6 Å². The minimum atomic E-state index is -0.190. The van der Waals surface area contributed by atoms with Crippen molar-refractivity contribution in [1.82, 2.24) is 15.2 Å². The molecule has 0 saturated carbocycles. The number of amides is 3. The van der Waals surface area contributed by atoms with Gasteiger partial charge in [-0.15, -0.1) is 11.3 Å². The molecule has 1 aromatic carbocycles. The molecule has 0 saturated heterocycles. The van der Waals surface area contributed by atoms with Gasteiger partial charge in [0.25, 0.3) is 5.91 Å². The molecule has 27 heavy (non-hydrogen) atoms. The number of nitrogens with zero attached hydrogens (tertiary/aromatic N) is 2. The van der Waals surface area contributed by atoms with Gasteiger partial charge in [0.15, 0.2) is 0 Å². The molecule has 0 aliphatic heterocycles. The lowest BCUT2D eigenvalue weighted by atomic mass is 10.1. The molecule has 0 atom stereocenters. The van der Waals surface area contributed by atoms with Gasteiger partial charge in [-0.3, -0.25) is 4.79 Å². The number of aromatic nitrogens is 1. The number of carbonyl (C=O) groups is 2. The summed E-state index contributed by atoms with van der Waals surface area (Å²) in [4.78, 5) is 30.9. The Hall–Kier alpha value is -2.41. The van der Waals surface area contributed by atoms with E-state index in [-0.39, 0.29) is 24.0 Å². The second kappa shape index (κ2) is 9.50. The highest BCUT2D eigenvalue weighted by Crippen LogP contribution is 2.17. The molecule has 3 amide bonds. The van der Waals surface area contributed by atoms with Gasteiger partial charge in [-0.05, 0) is 51.8 Å². The summed E-state index contributed by atoms with van der Waals surface area (Å²) in [5.74, 6) is -0.190. The third-order valence-electron chi connectivity index (χ3n) is 3.98. The average molecular weight is 389 g/mol. The summed E-state index contributed by atoms with van der Waals surface area (Å²) in [7, 11) is 0. The van der Waals surface area contributed by atoms with Crippen molar-refractivity contribution < 1.29 is 9.59 Å². The van der Waals surface area contributed by atoms with Crippen LogP contribution in [0.15, 0.2) is 29.6 Å². The summed E-state index contributed by atoms with van der Waals surface area (Å²) in [6, 6.07) is 7.71. The minimum absolute atomic E-state index is 0.00352. The van der Waals surface area contributed by atoms with Gasteiger partial charge >= 0.3 is 6.03 Å². The second-order valence-electron chi connectivity index (χ2n) is 6.96. The Bertz CT molecular complexity index is 786. The molecule has 7 heteroatoms. The number of hydrogen-bond acceptors (Lipinski definition) is 4. The Balaban J connectivity index is 2.07. The SMILES string of the molecule is CCc1cccc(NC(=O)N(Cc2nc(C(=O)NC(C)C)cs2)C(C)C)c1. The van der Waals surface area contributed by atoms with E-state index in [4.69, 9.17) is 0 Å². The van der Waals surface area contributed by atoms with Gasteiger partial charge in [0.2, 0.25) is 0 Å². The first-order valence-corrected chi connectivity index (χ1v) is 10.1. The summed E-state index contributed by atoms with van der Waals surface area (Å²) in [6.07, 6.45) is 0.915. The van der Waals surface area contributed by atoms with Gasteiger partial charge < -0.3 is 15.5 Å². The van der Waals surface area contributed by atoms with Gasteiger partial charge in [-0.2, -0.15) is 0 Å². The van der Waals surface area contributed by atoms with Crippen molar-refractivity contribution in [3.8, 4) is 0 Å². The molecule has 2 rings (SSSR count). The Labute approximate surface area is 165 Å². The molecule has 0 unspecified atom stereocenters. The molecule has 0 aliphatic rings. The van der Waals surface area contributed by atoms with Crippen molar-refractivity contribution in [2.24, 2.45) is 0 Å². The summed E-state index contributed by atoms with van der Waals surface area (Å²) in [5.41, 5.74) is 2.34. The van der Waals surface area contributed by atoms with E-state index in [9.17, 15) is 9.59 Å². The predicted octanol–water partition coefficient (Wildman–Crippen LogP) is 4.29. The molecule has 0 bridgehead atoms. The Kier molecular flexibility index (Phi) is 7.36. The molecular weight excluding hydrogens is 360 g/mol. The number of nitrogens with one attached hydrogen (secondary N) is 2. The van der Waals surface area contributed by atoms with E-state index >= 15 is 0 Å². The van der Waals surface area contributed by atoms with Crippen LogP contribution in [0, 0.1) is 0 Å². The quantitative estimate of drug-likeness (QED) is 0.743. The highest BCUT2D eigenvalue weighted by Gasteiger charge is 2.20. The van der Waals surface area contributed by atoms with Crippen LogP contribution in [0.1, 0.15) is 55.7 Å². The van der Waals surface area contributed by atoms with Gasteiger partial charge in [0, 0.05) is 23.2 Å². The molecule has 0 radical (unpaired) electrons. The number of hydrogen-bond donors (Lipinski definition) is 2. The van der Waals surface area contributed by atoms with Crippen LogP contribution in [-0.4, -0.2) is 33.9 Å². The van der Waals surface area contributed by atoms with Crippen molar-refractivity contribution in [3.63, 3.8) is 0 Å². The minimum Gasteiger partial charge on any atom is -0.349 e. The van der Waals surface area contributed by atoms with E-state index in [2.05, 4.69) is 22.5 Å². The molecule has 0 fully saturated rings. The monoisotopic (exact) mass is 388 g/mol. The molecule has 0 spiro atoms. The normalized spacial score (nSPS) is 10.9. The van der Waals surface area contributed by atoms with Crippen molar-refractivity contribution >= 4 is 29.0 Å². The summed E-state index contributed by atoms with van der Waals surface area (Å²) in [6.45, 7) is 10.2. The van der Waals surface area contributed by atoms with Crippen molar-refractivity contribution in [3.05, 3.63) is 45.9 Å². The number of carbonyl (C=O) groups excluding carboxylic acids is 2. The lowest BCUT2D eigenvalue weighted by Gasteiger charge is -2.26. The topological polar surface area (TPSA) is 74.3 Å². The van der Waals surface area contributed by atoms with Crippen LogP contribution >= 0.6 is 11.3 Å². The van der Waals surface area contributed by atoms with Crippen molar-refractivity contribution in [2.45, 2.75) is 59.7 Å². The Morgan fingerprint density at radius 1 is 1.22 bits per heavy atom. The standard InChI is InChI=1S/C20H28N4O2S/c1-6-15-8-7-9-16(10-15)22-20(26)24(14(4)5)11-18-23-17(12-27-18)19(25)21-13(2)3/h7-10,12-14H,6,11H2,1-5H3,(H,21,25)(H,22,26). The van der Waals surface area contributed by atoms with Gasteiger partial charge in [-0.1, -0.05) is 19.1 Å². The van der Waals surface area contributed by atoms with E-state index < -0.39 is 0 Å². The number of thiazole rings is 1. The smallest absolute Gasteiger partial charge is 0.322 e. The number of rotatable bonds is 7. The Morgan fingerprint density at radius 2 is 1.96 bits per heavy atom. The van der Waals surface area contributed by atoms with Gasteiger partial charge in [0.1, 0.15) is 10.7 Å². The third kappa shape index (κ3) is 6.06. The second-order valence-corrected chi connectivity index (χ2v) is 7.90. The van der Waals surface area contributed by atoms with Crippen molar-refractivity contribution in [2.75, 3.05) is 5.32 Å². The maximum atomic E-state index is 12.8. The van der Waals surface area contributed by atoms with E-state index in [0.29, 0.717) is 12.2 Å². The first-order valence-electron chi connectivity index (χ1n) is 9.22. The molecule has 1 aromatic heterocycles. The highest BCUT2D eigenvalue weighted by molar-refractivity contribution is 7.09. The molecule has 6 nitrogen and oxygen atoms in total. The van der Waals surface area contributed by atoms with Crippen LogP contribution in [0.4, 0.5) is 10.5 Å². The van der Waals surface area contributed by atoms with Crippen LogP contribution in [0.3, 0.4) is 0 Å². The zero-order chi connectivity index (χ0) is 20.0. The maximum Gasteiger partial charge on any atom is 0.322 e. The fourth-order valence-electron chi connectivity index (χ4n) is 2.52. The van der Waals surface area contributed by atoms with Crippen LogP contribution in [0.5, 0.6) is 0 Å². The summed E-state index contributed by atoms with van der Waals surface area (Å²) >= 11 is 1.39. The average Bonchev–Trinajstić information content (AvgIpc) is 3.07. The molecule has 2 N–H and O–H groups in total. The highest BCUT2D eigenvalue weighted by atomic mass is 32.1. The number of anilines is 1. The molecule has 0 aliphatic carbocycles. The van der Waals surface area contributed by atoms with E-state index in [0.717, 1.165) is 17.1 Å². The Morgan fingerprint density at radius 3 is 2.59 bits per heavy atom. The maximum absolute atomic E-state index is 12.8. The van der Waals surface area contributed by atoms with E-state index in [1.807, 2.05) is 52.0 Å². The fraction of sp³-hybridized carbons (Fsp3) is 0.450. The fourth-order valence-corrected chi connectivity index (χ4v) is 3.29. The number of urea groups is 1. The zero-order valence-corrected chi connectivity index (χ0v) is 17.4. The molecule has 1 heterocycles. The van der Waals surface area contributed by atoms with E-state index in [1.165, 1.54) is 16.9 Å². The zero-order valence-electron chi connectivity index (χ0n) is 16.6. The predicted molar refractivity (Wildman–Crippen MR) is 110 cm³/mol. The van der Waals surface area contributed by atoms with Gasteiger partial charge in [0.05, 0.1) is 6.54 Å².